The molecule has 0 bridgehead atoms. The van der Waals surface area contributed by atoms with Gasteiger partial charge in [0, 0.05) is 25.2 Å². The molecular weight excluding hydrogens is 506 g/mol. The van der Waals surface area contributed by atoms with E-state index in [9.17, 15) is 9.59 Å². The molecule has 0 radical (unpaired) electrons. The highest BCUT2D eigenvalue weighted by molar-refractivity contribution is 5.92. The molecule has 0 fully saturated rings. The minimum Gasteiger partial charge on any atom is -0.489 e. The van der Waals surface area contributed by atoms with Crippen molar-refractivity contribution in [2.45, 2.75) is 58.8 Å². The van der Waals surface area contributed by atoms with Crippen molar-refractivity contribution >= 4 is 11.9 Å². The van der Waals surface area contributed by atoms with Crippen LogP contribution in [0.4, 0.5) is 0 Å². The minimum atomic E-state index is -1.10. The van der Waals surface area contributed by atoms with E-state index in [1.807, 2.05) is 68.6 Å². The van der Waals surface area contributed by atoms with Gasteiger partial charge < -0.3 is 19.5 Å². The van der Waals surface area contributed by atoms with Crippen molar-refractivity contribution in [3.05, 3.63) is 107 Å². The summed E-state index contributed by atoms with van der Waals surface area (Å²) in [7, 11) is 1.85. The van der Waals surface area contributed by atoms with Crippen molar-refractivity contribution in [2.24, 2.45) is 7.05 Å². The van der Waals surface area contributed by atoms with Crippen LogP contribution in [-0.4, -0.2) is 33.9 Å². The van der Waals surface area contributed by atoms with Crippen LogP contribution >= 0.6 is 0 Å². The lowest BCUT2D eigenvalue weighted by molar-refractivity contribution is -0.158. The molecule has 1 atom stereocenters. The van der Waals surface area contributed by atoms with Crippen molar-refractivity contribution in [3.63, 3.8) is 0 Å². The molecule has 1 heterocycles. The Bertz CT molecular complexity index is 1410. The number of aryl methyl sites for hydroxylation is 2. The molecule has 40 heavy (non-hydrogen) atoms. The fraction of sp³-hybridized carbons (Fsp3) is 0.344. The van der Waals surface area contributed by atoms with Crippen LogP contribution in [0, 0.1) is 6.92 Å². The normalized spacial score (nSPS) is 14.8. The van der Waals surface area contributed by atoms with Gasteiger partial charge in [0.25, 0.3) is 5.91 Å². The fourth-order valence-corrected chi connectivity index (χ4v) is 4.44. The summed E-state index contributed by atoms with van der Waals surface area (Å²) in [5.74, 6) is 0.877. The minimum absolute atomic E-state index is 0.108. The zero-order valence-electron chi connectivity index (χ0n) is 23.8. The van der Waals surface area contributed by atoms with E-state index in [1.165, 1.54) is 0 Å². The lowest BCUT2D eigenvalue weighted by atomic mass is 9.96. The largest absolute Gasteiger partial charge is 0.489 e. The molecule has 0 aliphatic heterocycles. The maximum Gasteiger partial charge on any atom is 0.349 e. The number of benzene rings is 2. The summed E-state index contributed by atoms with van der Waals surface area (Å²) in [6.07, 6.45) is 6.91. The number of allylic oxidation sites excluding steroid dienone is 3. The smallest absolute Gasteiger partial charge is 0.349 e. The molecule has 2 aromatic carbocycles. The third-order valence-corrected chi connectivity index (χ3v) is 6.67. The summed E-state index contributed by atoms with van der Waals surface area (Å²) < 4.78 is 18.7. The lowest BCUT2D eigenvalue weighted by Crippen LogP contribution is -2.39. The van der Waals surface area contributed by atoms with Crippen LogP contribution in [0.1, 0.15) is 66.0 Å². The zero-order chi connectivity index (χ0) is 28.7. The molecule has 3 aromatic rings. The summed E-state index contributed by atoms with van der Waals surface area (Å²) in [4.78, 5) is 25.1. The van der Waals surface area contributed by atoms with Gasteiger partial charge in [0.2, 0.25) is 0 Å². The first kappa shape index (κ1) is 28.7. The van der Waals surface area contributed by atoms with Crippen molar-refractivity contribution in [1.29, 1.82) is 0 Å². The van der Waals surface area contributed by atoms with Gasteiger partial charge in [0.05, 0.1) is 6.61 Å². The third-order valence-electron chi connectivity index (χ3n) is 6.67. The molecule has 210 valence electrons. The molecular formula is C32H37N3O5. The molecule has 0 spiro atoms. The number of amides is 1. The van der Waals surface area contributed by atoms with E-state index in [0.717, 1.165) is 34.6 Å². The van der Waals surface area contributed by atoms with E-state index >= 15 is 0 Å². The van der Waals surface area contributed by atoms with Gasteiger partial charge in [-0.3, -0.25) is 9.48 Å². The Kier molecular flexibility index (Phi) is 9.09. The monoisotopic (exact) mass is 543 g/mol. The van der Waals surface area contributed by atoms with Gasteiger partial charge in [-0.25, -0.2) is 4.79 Å². The predicted molar refractivity (Wildman–Crippen MR) is 153 cm³/mol. The Morgan fingerprint density at radius 3 is 2.55 bits per heavy atom. The van der Waals surface area contributed by atoms with E-state index in [-0.39, 0.29) is 11.8 Å². The Morgan fingerprint density at radius 2 is 1.88 bits per heavy atom. The van der Waals surface area contributed by atoms with Crippen molar-refractivity contribution < 1.29 is 23.8 Å². The highest BCUT2D eigenvalue weighted by atomic mass is 16.6. The van der Waals surface area contributed by atoms with Gasteiger partial charge in [0.15, 0.2) is 5.60 Å². The third kappa shape index (κ3) is 7.20. The quantitative estimate of drug-likeness (QED) is 0.320. The number of hydrogen-bond donors (Lipinski definition) is 1. The number of hydrogen-bond acceptors (Lipinski definition) is 6. The van der Waals surface area contributed by atoms with Gasteiger partial charge in [-0.2, -0.15) is 5.10 Å². The molecule has 4 rings (SSSR count). The number of aromatic nitrogens is 2. The highest BCUT2D eigenvalue weighted by Gasteiger charge is 2.32. The first-order valence-corrected chi connectivity index (χ1v) is 13.5. The van der Waals surface area contributed by atoms with Crippen LogP contribution in [0.15, 0.2) is 78.6 Å². The van der Waals surface area contributed by atoms with Crippen LogP contribution in [-0.2, 0) is 34.5 Å². The topological polar surface area (TPSA) is 91.7 Å². The summed E-state index contributed by atoms with van der Waals surface area (Å²) in [5, 5.41) is 7.40. The number of nitrogens with zero attached hydrogens (tertiary/aromatic N) is 2. The van der Waals surface area contributed by atoms with E-state index in [2.05, 4.69) is 22.6 Å². The van der Waals surface area contributed by atoms with Gasteiger partial charge in [-0.05, 0) is 75.1 Å². The Balaban J connectivity index is 1.31. The second-order valence-corrected chi connectivity index (χ2v) is 10.3. The Morgan fingerprint density at radius 1 is 1.10 bits per heavy atom. The van der Waals surface area contributed by atoms with Gasteiger partial charge in [0.1, 0.15) is 23.8 Å². The summed E-state index contributed by atoms with van der Waals surface area (Å²) >= 11 is 0. The average Bonchev–Trinajstić information content (AvgIpc) is 3.34. The van der Waals surface area contributed by atoms with Crippen molar-refractivity contribution in [1.82, 2.24) is 15.1 Å². The molecule has 1 N–H and O–H groups in total. The van der Waals surface area contributed by atoms with E-state index in [1.54, 1.807) is 31.5 Å². The Hall–Kier alpha value is -4.33. The first-order valence-electron chi connectivity index (χ1n) is 13.5. The van der Waals surface area contributed by atoms with E-state index in [4.69, 9.17) is 14.2 Å². The zero-order valence-corrected chi connectivity index (χ0v) is 23.8. The molecule has 8 heteroatoms. The van der Waals surface area contributed by atoms with Crippen LogP contribution in [0.25, 0.3) is 0 Å². The molecule has 1 unspecified atom stereocenters. The number of ether oxygens (including phenoxy) is 3. The summed E-state index contributed by atoms with van der Waals surface area (Å²) in [5.41, 5.74) is 3.11. The first-order chi connectivity index (χ1) is 19.2. The highest BCUT2D eigenvalue weighted by Crippen LogP contribution is 2.28. The maximum atomic E-state index is 12.9. The van der Waals surface area contributed by atoms with Crippen molar-refractivity contribution in [2.75, 3.05) is 6.61 Å². The van der Waals surface area contributed by atoms with Crippen LogP contribution in [0.3, 0.4) is 0 Å². The standard InChI is InChI=1S/C32H37N3O5/c1-6-38-31(37)32(3,4)40-29-17-12-24(18-22(29)2)20-33-30(36)27-19-28(35(5)34-27)25-13-15-26(16-14-25)39-21-23-10-8-7-9-11-23/h7-13,15-19,25H,6,14,20-21H2,1-5H3,(H,33,36). The van der Waals surface area contributed by atoms with Gasteiger partial charge in [-0.1, -0.05) is 48.5 Å². The molecule has 0 saturated heterocycles. The number of carbonyl (C=O) groups excluding carboxylic acids is 2. The van der Waals surface area contributed by atoms with Crippen molar-refractivity contribution in [3.8, 4) is 5.75 Å². The van der Waals surface area contributed by atoms with E-state index in [0.29, 0.717) is 31.2 Å². The van der Waals surface area contributed by atoms with Crippen LogP contribution < -0.4 is 10.1 Å². The lowest BCUT2D eigenvalue weighted by Gasteiger charge is -2.25. The predicted octanol–water partition coefficient (Wildman–Crippen LogP) is 5.52. The Labute approximate surface area is 235 Å². The second-order valence-electron chi connectivity index (χ2n) is 10.3. The number of nitrogens with one attached hydrogen (secondary N) is 1. The summed E-state index contributed by atoms with van der Waals surface area (Å²) in [6, 6.07) is 17.5. The number of carbonyl (C=O) groups is 2. The van der Waals surface area contributed by atoms with Crippen LogP contribution in [0.5, 0.6) is 5.75 Å². The molecule has 0 saturated carbocycles. The molecule has 8 nitrogen and oxygen atoms in total. The SMILES string of the molecule is CCOC(=O)C(C)(C)Oc1ccc(CNC(=O)c2cc(C3C=CC(OCc4ccccc4)=CC3)n(C)n2)cc1C. The molecule has 1 aliphatic rings. The fourth-order valence-electron chi connectivity index (χ4n) is 4.44. The molecule has 1 amide bonds. The summed E-state index contributed by atoms with van der Waals surface area (Å²) in [6.45, 7) is 8.17. The van der Waals surface area contributed by atoms with Gasteiger partial charge >= 0.3 is 5.97 Å². The number of rotatable bonds is 11. The molecule has 1 aliphatic carbocycles. The van der Waals surface area contributed by atoms with Gasteiger partial charge in [-0.15, -0.1) is 0 Å². The maximum absolute atomic E-state index is 12.9. The second kappa shape index (κ2) is 12.7. The molecule has 1 aromatic heterocycles. The van der Waals surface area contributed by atoms with E-state index < -0.39 is 11.6 Å². The van der Waals surface area contributed by atoms with Crippen LogP contribution in [0.2, 0.25) is 0 Å². The number of esters is 1. The average molecular weight is 544 g/mol.